The van der Waals surface area contributed by atoms with Gasteiger partial charge >= 0.3 is 0 Å². The summed E-state index contributed by atoms with van der Waals surface area (Å²) in [4.78, 5) is 2.72. The minimum Gasteiger partial charge on any atom is -0.317 e. The zero-order valence-corrected chi connectivity index (χ0v) is 12.1. The highest BCUT2D eigenvalue weighted by molar-refractivity contribution is 4.90. The number of hydrogen-bond donors (Lipinski definition) is 1. The summed E-state index contributed by atoms with van der Waals surface area (Å²) in [7, 11) is 2.15. The van der Waals surface area contributed by atoms with Crippen molar-refractivity contribution in [3.8, 4) is 0 Å². The minimum absolute atomic E-state index is 0.738. The third-order valence-electron chi connectivity index (χ3n) is 5.18. The molecule has 2 heteroatoms. The normalized spacial score (nSPS) is 44.1. The van der Waals surface area contributed by atoms with Crippen LogP contribution in [0.3, 0.4) is 0 Å². The molecule has 1 heterocycles. The Bertz CT molecular complexity index is 241. The van der Waals surface area contributed by atoms with Gasteiger partial charge in [-0.25, -0.2) is 0 Å². The van der Waals surface area contributed by atoms with Crippen LogP contribution in [0.4, 0.5) is 0 Å². The van der Waals surface area contributed by atoms with Crippen molar-refractivity contribution in [3.05, 3.63) is 0 Å². The molecular weight excluding hydrogens is 208 g/mol. The fraction of sp³-hybridized carbons (Fsp3) is 1.00. The molecule has 100 valence electrons. The average Bonchev–Trinajstić information content (AvgIpc) is 2.68. The second kappa shape index (κ2) is 5.71. The van der Waals surface area contributed by atoms with E-state index in [1.807, 2.05) is 0 Å². The van der Waals surface area contributed by atoms with E-state index in [0.29, 0.717) is 0 Å². The molecule has 17 heavy (non-hydrogen) atoms. The van der Waals surface area contributed by atoms with Crippen molar-refractivity contribution in [2.24, 2.45) is 17.8 Å². The Balaban J connectivity index is 1.96. The highest BCUT2D eigenvalue weighted by Gasteiger charge is 2.35. The van der Waals surface area contributed by atoms with Crippen molar-refractivity contribution in [2.75, 3.05) is 20.1 Å². The maximum atomic E-state index is 3.58. The van der Waals surface area contributed by atoms with Crippen LogP contribution in [0.25, 0.3) is 0 Å². The Morgan fingerprint density at radius 2 is 1.94 bits per heavy atom. The molecule has 2 nitrogen and oxygen atoms in total. The summed E-state index contributed by atoms with van der Waals surface area (Å²) in [6, 6.07) is 1.56. The van der Waals surface area contributed by atoms with Crippen LogP contribution in [0, 0.1) is 17.8 Å². The summed E-state index contributed by atoms with van der Waals surface area (Å²) >= 11 is 0. The maximum absolute atomic E-state index is 3.58. The lowest BCUT2D eigenvalue weighted by Crippen LogP contribution is -2.48. The molecule has 1 aliphatic carbocycles. The van der Waals surface area contributed by atoms with Crippen LogP contribution in [0.1, 0.15) is 46.5 Å². The van der Waals surface area contributed by atoms with E-state index in [9.17, 15) is 0 Å². The standard InChI is InChI=1S/C15H30N2/c1-11-8-12(2)14(15(9-11)16-4)10-17-7-5-6-13(17)3/h11-16H,5-10H2,1-4H3. The Morgan fingerprint density at radius 1 is 1.18 bits per heavy atom. The molecule has 0 aromatic heterocycles. The predicted molar refractivity (Wildman–Crippen MR) is 74.2 cm³/mol. The van der Waals surface area contributed by atoms with Crippen molar-refractivity contribution in [1.29, 1.82) is 0 Å². The Morgan fingerprint density at radius 3 is 2.53 bits per heavy atom. The molecule has 5 unspecified atom stereocenters. The molecule has 0 bridgehead atoms. The van der Waals surface area contributed by atoms with Gasteiger partial charge in [0.25, 0.3) is 0 Å². The van der Waals surface area contributed by atoms with Crippen LogP contribution in [0.5, 0.6) is 0 Å². The molecule has 1 saturated heterocycles. The van der Waals surface area contributed by atoms with E-state index in [2.05, 4.69) is 38.0 Å². The topological polar surface area (TPSA) is 15.3 Å². The number of rotatable bonds is 3. The van der Waals surface area contributed by atoms with E-state index in [0.717, 1.165) is 29.8 Å². The summed E-state index contributed by atoms with van der Waals surface area (Å²) in [5.74, 6) is 2.63. The summed E-state index contributed by atoms with van der Waals surface area (Å²) in [5.41, 5.74) is 0. The lowest BCUT2D eigenvalue weighted by atomic mass is 9.72. The molecular formula is C15H30N2. The van der Waals surface area contributed by atoms with Gasteiger partial charge in [-0.15, -0.1) is 0 Å². The Labute approximate surface area is 107 Å². The fourth-order valence-electron chi connectivity index (χ4n) is 4.08. The second-order valence-corrected chi connectivity index (χ2v) is 6.60. The van der Waals surface area contributed by atoms with Gasteiger partial charge in [-0.1, -0.05) is 13.8 Å². The van der Waals surface area contributed by atoms with Crippen molar-refractivity contribution in [1.82, 2.24) is 10.2 Å². The van der Waals surface area contributed by atoms with Gasteiger partial charge < -0.3 is 10.2 Å². The fourth-order valence-corrected chi connectivity index (χ4v) is 4.08. The van der Waals surface area contributed by atoms with Gasteiger partial charge in [0.15, 0.2) is 0 Å². The van der Waals surface area contributed by atoms with Gasteiger partial charge in [-0.3, -0.25) is 0 Å². The van der Waals surface area contributed by atoms with Crippen LogP contribution in [0.15, 0.2) is 0 Å². The molecule has 0 amide bonds. The summed E-state index contributed by atoms with van der Waals surface area (Å²) in [5, 5.41) is 3.58. The largest absolute Gasteiger partial charge is 0.317 e. The average molecular weight is 238 g/mol. The molecule has 1 N–H and O–H groups in total. The molecule has 5 atom stereocenters. The molecule has 0 radical (unpaired) electrons. The van der Waals surface area contributed by atoms with E-state index < -0.39 is 0 Å². The number of nitrogens with zero attached hydrogens (tertiary/aromatic N) is 1. The van der Waals surface area contributed by atoms with E-state index in [1.54, 1.807) is 0 Å². The highest BCUT2D eigenvalue weighted by atomic mass is 15.2. The van der Waals surface area contributed by atoms with Gasteiger partial charge in [0.05, 0.1) is 0 Å². The van der Waals surface area contributed by atoms with Gasteiger partial charge in [0.2, 0.25) is 0 Å². The zero-order valence-electron chi connectivity index (χ0n) is 12.1. The van der Waals surface area contributed by atoms with E-state index in [-0.39, 0.29) is 0 Å². The van der Waals surface area contributed by atoms with E-state index in [1.165, 1.54) is 38.8 Å². The predicted octanol–water partition coefficient (Wildman–Crippen LogP) is 2.74. The first-order valence-electron chi connectivity index (χ1n) is 7.53. The van der Waals surface area contributed by atoms with Gasteiger partial charge in [0, 0.05) is 18.6 Å². The van der Waals surface area contributed by atoms with Crippen molar-refractivity contribution in [2.45, 2.75) is 58.5 Å². The first-order chi connectivity index (χ1) is 8.11. The minimum atomic E-state index is 0.738. The Kier molecular flexibility index (Phi) is 4.48. The lowest BCUT2D eigenvalue weighted by molar-refractivity contribution is 0.102. The number of likely N-dealkylation sites (tertiary alicyclic amines) is 1. The molecule has 0 aromatic rings. The van der Waals surface area contributed by atoms with Crippen LogP contribution in [0.2, 0.25) is 0 Å². The summed E-state index contributed by atoms with van der Waals surface area (Å²) in [6.07, 6.45) is 5.60. The van der Waals surface area contributed by atoms with Gasteiger partial charge in [-0.2, -0.15) is 0 Å². The van der Waals surface area contributed by atoms with Crippen LogP contribution in [-0.2, 0) is 0 Å². The first kappa shape index (κ1) is 13.4. The van der Waals surface area contributed by atoms with Crippen LogP contribution < -0.4 is 5.32 Å². The quantitative estimate of drug-likeness (QED) is 0.813. The highest BCUT2D eigenvalue weighted by Crippen LogP contribution is 2.35. The van der Waals surface area contributed by atoms with E-state index >= 15 is 0 Å². The van der Waals surface area contributed by atoms with Crippen LogP contribution in [-0.4, -0.2) is 37.1 Å². The lowest BCUT2D eigenvalue weighted by Gasteiger charge is -2.42. The van der Waals surface area contributed by atoms with Gasteiger partial charge in [-0.05, 0) is 64.0 Å². The smallest absolute Gasteiger partial charge is 0.0110 e. The molecule has 2 aliphatic rings. The third-order valence-corrected chi connectivity index (χ3v) is 5.18. The van der Waals surface area contributed by atoms with Crippen molar-refractivity contribution >= 4 is 0 Å². The van der Waals surface area contributed by atoms with Crippen LogP contribution >= 0.6 is 0 Å². The van der Waals surface area contributed by atoms with Crippen molar-refractivity contribution < 1.29 is 0 Å². The maximum Gasteiger partial charge on any atom is 0.0110 e. The number of nitrogens with one attached hydrogen (secondary N) is 1. The first-order valence-corrected chi connectivity index (χ1v) is 7.53. The number of hydrogen-bond acceptors (Lipinski definition) is 2. The van der Waals surface area contributed by atoms with Crippen molar-refractivity contribution in [3.63, 3.8) is 0 Å². The van der Waals surface area contributed by atoms with Gasteiger partial charge in [0.1, 0.15) is 0 Å². The molecule has 0 aromatic carbocycles. The molecule has 2 rings (SSSR count). The Hall–Kier alpha value is -0.0800. The second-order valence-electron chi connectivity index (χ2n) is 6.60. The molecule has 2 fully saturated rings. The summed E-state index contributed by atoms with van der Waals surface area (Å²) in [6.45, 7) is 9.93. The monoisotopic (exact) mass is 238 g/mol. The zero-order chi connectivity index (χ0) is 12.4. The SMILES string of the molecule is CNC1CC(C)CC(C)C1CN1CCCC1C. The molecule has 1 aliphatic heterocycles. The third kappa shape index (κ3) is 3.03. The molecule has 1 saturated carbocycles. The van der Waals surface area contributed by atoms with E-state index in [4.69, 9.17) is 0 Å². The molecule has 0 spiro atoms. The summed E-state index contributed by atoms with van der Waals surface area (Å²) < 4.78 is 0.